The molecule has 0 radical (unpaired) electrons. The van der Waals surface area contributed by atoms with Crippen LogP contribution in [-0.2, 0) is 11.1 Å². The van der Waals surface area contributed by atoms with Gasteiger partial charge >= 0.3 is 0 Å². The number of unbranched alkanes of at least 4 members (excludes halogenated alkanes) is 11. The van der Waals surface area contributed by atoms with Gasteiger partial charge in [-0.2, -0.15) is 0 Å². The Labute approximate surface area is 123 Å². The lowest BCUT2D eigenvalue weighted by Gasteiger charge is -2.13. The summed E-state index contributed by atoms with van der Waals surface area (Å²) in [7, 11) is 0. The van der Waals surface area contributed by atoms with Crippen molar-refractivity contribution in [3.63, 3.8) is 0 Å². The highest BCUT2D eigenvalue weighted by molar-refractivity contribution is 7.79. The first kappa shape index (κ1) is 19.1. The normalized spacial score (nSPS) is 14.5. The van der Waals surface area contributed by atoms with Crippen LogP contribution in [-0.4, -0.2) is 14.0 Å². The molecular formula is C16H33O2S-. The molecule has 0 aromatic carbocycles. The Hall–Kier alpha value is 0.110. The van der Waals surface area contributed by atoms with Crippen LogP contribution in [0, 0.1) is 0 Å². The molecule has 0 aliphatic carbocycles. The predicted octanol–water partition coefficient (Wildman–Crippen LogP) is 5.35. The van der Waals surface area contributed by atoms with Gasteiger partial charge in [0, 0.05) is 5.25 Å². The molecular weight excluding hydrogens is 256 g/mol. The SMILES string of the molecule is CCCCCCCCCCCCCCC(C)S(=O)[O-]. The Bertz CT molecular complexity index is 207. The van der Waals surface area contributed by atoms with E-state index in [1.165, 1.54) is 70.6 Å². The lowest BCUT2D eigenvalue weighted by Crippen LogP contribution is -2.09. The summed E-state index contributed by atoms with van der Waals surface area (Å²) < 4.78 is 21.3. The Morgan fingerprint density at radius 1 is 0.789 bits per heavy atom. The van der Waals surface area contributed by atoms with Crippen LogP contribution in [0.4, 0.5) is 0 Å². The second-order valence-electron chi connectivity index (χ2n) is 5.75. The molecule has 0 aromatic rings. The molecule has 0 saturated heterocycles. The van der Waals surface area contributed by atoms with Crippen molar-refractivity contribution in [1.29, 1.82) is 0 Å². The molecule has 0 bridgehead atoms. The van der Waals surface area contributed by atoms with E-state index < -0.39 is 11.1 Å². The first-order valence-electron chi connectivity index (χ1n) is 8.26. The lowest BCUT2D eigenvalue weighted by molar-refractivity contribution is 0.508. The fraction of sp³-hybridized carbons (Fsp3) is 1.00. The van der Waals surface area contributed by atoms with Crippen LogP contribution < -0.4 is 0 Å². The molecule has 2 nitrogen and oxygen atoms in total. The van der Waals surface area contributed by atoms with E-state index in [0.29, 0.717) is 0 Å². The Morgan fingerprint density at radius 2 is 1.16 bits per heavy atom. The molecule has 0 heterocycles. The smallest absolute Gasteiger partial charge is 0.0187 e. The zero-order chi connectivity index (χ0) is 14.3. The molecule has 0 spiro atoms. The zero-order valence-corrected chi connectivity index (χ0v) is 13.8. The highest BCUT2D eigenvalue weighted by atomic mass is 32.2. The fourth-order valence-corrected chi connectivity index (χ4v) is 2.73. The first-order chi connectivity index (χ1) is 9.18. The van der Waals surface area contributed by atoms with Crippen molar-refractivity contribution in [1.82, 2.24) is 0 Å². The van der Waals surface area contributed by atoms with Crippen molar-refractivity contribution in [2.24, 2.45) is 0 Å². The fourth-order valence-electron chi connectivity index (χ4n) is 2.37. The minimum atomic E-state index is -1.88. The number of hydrogen-bond acceptors (Lipinski definition) is 2. The third kappa shape index (κ3) is 14.3. The van der Waals surface area contributed by atoms with Gasteiger partial charge in [-0.25, -0.2) is 0 Å². The maximum atomic E-state index is 10.6. The van der Waals surface area contributed by atoms with Crippen LogP contribution in [0.25, 0.3) is 0 Å². The van der Waals surface area contributed by atoms with Crippen molar-refractivity contribution in [2.45, 2.75) is 103 Å². The van der Waals surface area contributed by atoms with E-state index in [2.05, 4.69) is 6.92 Å². The Morgan fingerprint density at radius 3 is 1.53 bits per heavy atom. The summed E-state index contributed by atoms with van der Waals surface area (Å²) in [6.07, 6.45) is 16.8. The van der Waals surface area contributed by atoms with Gasteiger partial charge in [-0.1, -0.05) is 102 Å². The summed E-state index contributed by atoms with van der Waals surface area (Å²) in [6, 6.07) is 0. The predicted molar refractivity (Wildman–Crippen MR) is 84.1 cm³/mol. The first-order valence-corrected chi connectivity index (χ1v) is 9.40. The topological polar surface area (TPSA) is 40.1 Å². The molecule has 0 N–H and O–H groups in total. The standard InChI is InChI=1S/C16H34O2S/c1-3-4-5-6-7-8-9-10-11-12-13-14-15-16(2)19(17)18/h16H,3-15H2,1-2H3,(H,17,18)/p-1. The van der Waals surface area contributed by atoms with E-state index in [0.717, 1.165) is 12.8 Å². The maximum absolute atomic E-state index is 10.6. The van der Waals surface area contributed by atoms with E-state index in [-0.39, 0.29) is 5.25 Å². The van der Waals surface area contributed by atoms with Gasteiger partial charge in [-0.05, 0) is 6.42 Å². The zero-order valence-electron chi connectivity index (χ0n) is 13.0. The molecule has 2 atom stereocenters. The monoisotopic (exact) mass is 289 g/mol. The molecule has 116 valence electrons. The van der Waals surface area contributed by atoms with Crippen molar-refractivity contribution in [3.8, 4) is 0 Å². The van der Waals surface area contributed by atoms with Gasteiger partial charge < -0.3 is 4.55 Å². The maximum Gasteiger partial charge on any atom is 0.0187 e. The molecule has 0 saturated carbocycles. The Balaban J connectivity index is 3.05. The summed E-state index contributed by atoms with van der Waals surface area (Å²) in [5, 5.41) is -0.164. The van der Waals surface area contributed by atoms with Gasteiger partial charge in [0.25, 0.3) is 0 Å². The largest absolute Gasteiger partial charge is 0.772 e. The summed E-state index contributed by atoms with van der Waals surface area (Å²) in [5.41, 5.74) is 0. The van der Waals surface area contributed by atoms with Crippen LogP contribution in [0.5, 0.6) is 0 Å². The van der Waals surface area contributed by atoms with Gasteiger partial charge in [0.2, 0.25) is 0 Å². The minimum absolute atomic E-state index is 0.164. The quantitative estimate of drug-likeness (QED) is 0.319. The van der Waals surface area contributed by atoms with E-state index >= 15 is 0 Å². The molecule has 3 heteroatoms. The molecule has 0 rings (SSSR count). The van der Waals surface area contributed by atoms with Crippen LogP contribution in [0.3, 0.4) is 0 Å². The van der Waals surface area contributed by atoms with Gasteiger partial charge in [0.15, 0.2) is 0 Å². The molecule has 19 heavy (non-hydrogen) atoms. The minimum Gasteiger partial charge on any atom is -0.772 e. The molecule has 0 aliphatic heterocycles. The molecule has 0 aromatic heterocycles. The number of hydrogen-bond donors (Lipinski definition) is 0. The van der Waals surface area contributed by atoms with Gasteiger partial charge in [-0.15, -0.1) is 0 Å². The summed E-state index contributed by atoms with van der Waals surface area (Å²) in [5.74, 6) is 0. The third-order valence-electron chi connectivity index (χ3n) is 3.79. The van der Waals surface area contributed by atoms with Gasteiger partial charge in [-0.3, -0.25) is 4.21 Å². The second kappa shape index (κ2) is 14.5. The molecule has 0 amide bonds. The van der Waals surface area contributed by atoms with Crippen LogP contribution in [0.15, 0.2) is 0 Å². The van der Waals surface area contributed by atoms with E-state index in [1.54, 1.807) is 6.92 Å². The highest BCUT2D eigenvalue weighted by Crippen LogP contribution is 2.13. The second-order valence-corrected chi connectivity index (χ2v) is 7.07. The van der Waals surface area contributed by atoms with Gasteiger partial charge in [0.1, 0.15) is 0 Å². The average Bonchev–Trinajstić information content (AvgIpc) is 2.39. The van der Waals surface area contributed by atoms with Crippen LogP contribution in [0.1, 0.15) is 97.3 Å². The van der Waals surface area contributed by atoms with Crippen LogP contribution >= 0.6 is 0 Å². The summed E-state index contributed by atoms with van der Waals surface area (Å²) in [4.78, 5) is 0. The average molecular weight is 290 g/mol. The molecule has 0 fully saturated rings. The Kier molecular flexibility index (Phi) is 14.6. The molecule has 0 aliphatic rings. The van der Waals surface area contributed by atoms with Crippen LogP contribution in [0.2, 0.25) is 0 Å². The van der Waals surface area contributed by atoms with E-state index in [9.17, 15) is 8.76 Å². The molecule has 2 unspecified atom stereocenters. The van der Waals surface area contributed by atoms with Gasteiger partial charge in [0.05, 0.1) is 0 Å². The van der Waals surface area contributed by atoms with Crippen molar-refractivity contribution < 1.29 is 8.76 Å². The third-order valence-corrected chi connectivity index (χ3v) is 4.69. The van der Waals surface area contributed by atoms with Crippen molar-refractivity contribution in [3.05, 3.63) is 0 Å². The van der Waals surface area contributed by atoms with E-state index in [1.807, 2.05) is 0 Å². The van der Waals surface area contributed by atoms with E-state index in [4.69, 9.17) is 0 Å². The highest BCUT2D eigenvalue weighted by Gasteiger charge is 2.01. The number of rotatable bonds is 14. The summed E-state index contributed by atoms with van der Waals surface area (Å²) >= 11 is -1.88. The van der Waals surface area contributed by atoms with Crippen molar-refractivity contribution in [2.75, 3.05) is 0 Å². The lowest BCUT2D eigenvalue weighted by atomic mass is 10.0. The van der Waals surface area contributed by atoms with Crippen molar-refractivity contribution >= 4 is 11.1 Å². The summed E-state index contributed by atoms with van der Waals surface area (Å²) in [6.45, 7) is 4.05.